The number of halogens is 3. The Morgan fingerprint density at radius 3 is 2.59 bits per heavy atom. The van der Waals surface area contributed by atoms with Crippen LogP contribution >= 0.6 is 0 Å². The van der Waals surface area contributed by atoms with Crippen LogP contribution < -0.4 is 5.32 Å². The first-order valence-electron chi connectivity index (χ1n) is 7.89. The van der Waals surface area contributed by atoms with Gasteiger partial charge in [0.25, 0.3) is 5.69 Å². The van der Waals surface area contributed by atoms with Crippen molar-refractivity contribution in [2.45, 2.75) is 12.3 Å². The molecular weight excluding hydrogens is 363 g/mol. The number of hydrogen-bond donors (Lipinski definition) is 2. The van der Waals surface area contributed by atoms with Crippen LogP contribution in [0.3, 0.4) is 0 Å². The quantitative estimate of drug-likeness (QED) is 0.511. The van der Waals surface area contributed by atoms with E-state index in [4.69, 9.17) is 0 Å². The van der Waals surface area contributed by atoms with Crippen molar-refractivity contribution in [3.8, 4) is 0 Å². The largest absolute Gasteiger partial charge is 0.416 e. The molecule has 140 valence electrons. The molecule has 6 nitrogen and oxygen atoms in total. The van der Waals surface area contributed by atoms with Crippen molar-refractivity contribution in [1.82, 2.24) is 4.98 Å². The molecule has 3 rings (SSSR count). The Morgan fingerprint density at radius 2 is 1.89 bits per heavy atom. The van der Waals surface area contributed by atoms with E-state index in [1.54, 1.807) is 6.07 Å². The summed E-state index contributed by atoms with van der Waals surface area (Å²) in [5, 5.41) is 24.5. The van der Waals surface area contributed by atoms with Gasteiger partial charge in [-0.05, 0) is 29.8 Å². The summed E-state index contributed by atoms with van der Waals surface area (Å²) in [7, 11) is 0. The highest BCUT2D eigenvalue weighted by molar-refractivity contribution is 5.96. The number of non-ortho nitro benzene ring substituents is 1. The first-order chi connectivity index (χ1) is 12.8. The molecule has 0 unspecified atom stereocenters. The van der Waals surface area contributed by atoms with Gasteiger partial charge < -0.3 is 10.4 Å². The molecule has 0 aliphatic rings. The third kappa shape index (κ3) is 3.82. The van der Waals surface area contributed by atoms with E-state index in [0.717, 1.165) is 6.07 Å². The second kappa shape index (κ2) is 7.20. The van der Waals surface area contributed by atoms with Crippen LogP contribution in [0.1, 0.15) is 17.2 Å². The van der Waals surface area contributed by atoms with Crippen molar-refractivity contribution >= 4 is 22.3 Å². The number of aromatic nitrogens is 1. The Bertz CT molecular complexity index is 992. The molecule has 0 fully saturated rings. The first-order valence-corrected chi connectivity index (χ1v) is 7.89. The van der Waals surface area contributed by atoms with Crippen LogP contribution in [-0.4, -0.2) is 21.6 Å². The first kappa shape index (κ1) is 18.6. The molecule has 0 bridgehead atoms. The molecule has 1 aromatic heterocycles. The van der Waals surface area contributed by atoms with Crippen molar-refractivity contribution in [1.29, 1.82) is 0 Å². The molecule has 2 N–H and O–H groups in total. The molecule has 9 heteroatoms. The van der Waals surface area contributed by atoms with E-state index >= 15 is 0 Å². The zero-order chi connectivity index (χ0) is 19.6. The lowest BCUT2D eigenvalue weighted by atomic mass is 10.0. The van der Waals surface area contributed by atoms with Gasteiger partial charge >= 0.3 is 6.18 Å². The Hall–Kier alpha value is -3.20. The molecule has 0 saturated heterocycles. The van der Waals surface area contributed by atoms with Crippen LogP contribution in [0.2, 0.25) is 0 Å². The van der Waals surface area contributed by atoms with Crippen molar-refractivity contribution in [3.05, 3.63) is 76.0 Å². The van der Waals surface area contributed by atoms with Crippen LogP contribution in [0, 0.1) is 10.1 Å². The second-order valence-electron chi connectivity index (χ2n) is 5.77. The highest BCUT2D eigenvalue weighted by Crippen LogP contribution is 2.35. The van der Waals surface area contributed by atoms with E-state index < -0.39 is 22.8 Å². The molecule has 3 aromatic rings. The van der Waals surface area contributed by atoms with Gasteiger partial charge in [-0.1, -0.05) is 18.2 Å². The molecule has 1 heterocycles. The lowest BCUT2D eigenvalue weighted by molar-refractivity contribution is -0.383. The molecule has 0 aliphatic carbocycles. The van der Waals surface area contributed by atoms with Crippen molar-refractivity contribution in [2.24, 2.45) is 0 Å². The molecule has 0 saturated carbocycles. The van der Waals surface area contributed by atoms with E-state index in [-0.39, 0.29) is 23.2 Å². The van der Waals surface area contributed by atoms with Gasteiger partial charge in [-0.25, -0.2) is 0 Å². The van der Waals surface area contributed by atoms with E-state index in [0.29, 0.717) is 11.2 Å². The minimum atomic E-state index is -4.58. The van der Waals surface area contributed by atoms with Gasteiger partial charge in [-0.3, -0.25) is 15.1 Å². The Labute approximate surface area is 151 Å². The van der Waals surface area contributed by atoms with Crippen LogP contribution in [0.5, 0.6) is 0 Å². The van der Waals surface area contributed by atoms with Gasteiger partial charge in [0.1, 0.15) is 5.52 Å². The highest BCUT2D eigenvalue weighted by atomic mass is 19.4. The van der Waals surface area contributed by atoms with Gasteiger partial charge in [0.05, 0.1) is 27.7 Å². The maximum absolute atomic E-state index is 13.1. The van der Waals surface area contributed by atoms with Crippen molar-refractivity contribution in [3.63, 3.8) is 0 Å². The number of aliphatic hydroxyl groups excluding tert-OH is 1. The summed E-state index contributed by atoms with van der Waals surface area (Å²) in [5.41, 5.74) is -0.628. The number of alkyl halides is 3. The molecule has 0 aliphatic heterocycles. The smallest absolute Gasteiger partial charge is 0.387 e. The number of nitro benzene ring substituents is 1. The predicted octanol–water partition coefficient (Wildman–Crippen LogP) is 4.31. The second-order valence-corrected chi connectivity index (χ2v) is 5.77. The highest BCUT2D eigenvalue weighted by Gasteiger charge is 2.34. The molecule has 0 amide bonds. The maximum Gasteiger partial charge on any atom is 0.416 e. The fourth-order valence-electron chi connectivity index (χ4n) is 2.82. The zero-order valence-corrected chi connectivity index (χ0v) is 13.8. The van der Waals surface area contributed by atoms with Crippen molar-refractivity contribution < 1.29 is 23.2 Å². The van der Waals surface area contributed by atoms with E-state index in [9.17, 15) is 28.4 Å². The molecule has 1 atom stereocenters. The third-order valence-corrected chi connectivity index (χ3v) is 4.05. The van der Waals surface area contributed by atoms with E-state index in [1.807, 2.05) is 0 Å². The predicted molar refractivity (Wildman–Crippen MR) is 93.3 cm³/mol. The molecule has 27 heavy (non-hydrogen) atoms. The number of fused-ring (bicyclic) bond motifs is 1. The summed E-state index contributed by atoms with van der Waals surface area (Å²) in [6.45, 7) is -0.226. The van der Waals surface area contributed by atoms with Gasteiger partial charge in [0.15, 0.2) is 0 Å². The number of benzene rings is 2. The van der Waals surface area contributed by atoms with Gasteiger partial charge in [0, 0.05) is 18.8 Å². The van der Waals surface area contributed by atoms with Gasteiger partial charge in [0.2, 0.25) is 0 Å². The number of nitrogens with one attached hydrogen (secondary N) is 1. The number of nitrogens with zero attached hydrogens (tertiary/aromatic N) is 2. The molecular formula is C18H14F3N3O3. The van der Waals surface area contributed by atoms with Gasteiger partial charge in [-0.2, -0.15) is 13.2 Å². The number of anilines is 1. The Morgan fingerprint density at radius 1 is 1.15 bits per heavy atom. The number of nitro groups is 1. The summed E-state index contributed by atoms with van der Waals surface area (Å²) in [6.07, 6.45) is -4.57. The Kier molecular flexibility index (Phi) is 4.95. The van der Waals surface area contributed by atoms with Crippen LogP contribution in [-0.2, 0) is 6.18 Å². The van der Waals surface area contributed by atoms with E-state index in [2.05, 4.69) is 10.3 Å². The van der Waals surface area contributed by atoms with E-state index in [1.165, 1.54) is 42.6 Å². The topological polar surface area (TPSA) is 88.3 Å². The summed E-state index contributed by atoms with van der Waals surface area (Å²) in [5.74, 6) is 0. The zero-order valence-electron chi connectivity index (χ0n) is 13.8. The summed E-state index contributed by atoms with van der Waals surface area (Å²) < 4.78 is 39.3. The number of pyridine rings is 1. The van der Waals surface area contributed by atoms with Gasteiger partial charge in [-0.15, -0.1) is 0 Å². The monoisotopic (exact) mass is 377 g/mol. The van der Waals surface area contributed by atoms with Crippen LogP contribution in [0.25, 0.3) is 10.9 Å². The standard InChI is InChI=1S/C18H14F3N3O3/c19-18(20,21)13-6-2-1-4-11(13)16(25)10-23-14-7-8-15(24(26)27)12-5-3-9-22-17(12)14/h1-9,16,23,25H,10H2/t16-/m0/s1. The Balaban J connectivity index is 1.88. The SMILES string of the molecule is O=[N+]([O-])c1ccc(NC[C@H](O)c2ccccc2C(F)(F)F)c2ncccc12. The number of hydrogen-bond acceptors (Lipinski definition) is 5. The third-order valence-electron chi connectivity index (χ3n) is 4.05. The minimum absolute atomic E-state index is 0.133. The average Bonchev–Trinajstić information content (AvgIpc) is 2.64. The van der Waals surface area contributed by atoms with Crippen LogP contribution in [0.15, 0.2) is 54.7 Å². The average molecular weight is 377 g/mol. The van der Waals surface area contributed by atoms with Crippen molar-refractivity contribution in [2.75, 3.05) is 11.9 Å². The lowest BCUT2D eigenvalue weighted by Crippen LogP contribution is -2.17. The summed E-state index contributed by atoms with van der Waals surface area (Å²) in [4.78, 5) is 14.7. The number of rotatable bonds is 5. The molecule has 0 spiro atoms. The maximum atomic E-state index is 13.1. The minimum Gasteiger partial charge on any atom is -0.387 e. The summed E-state index contributed by atoms with van der Waals surface area (Å²) >= 11 is 0. The fraction of sp³-hybridized carbons (Fsp3) is 0.167. The number of aliphatic hydroxyl groups is 1. The van der Waals surface area contributed by atoms with Crippen LogP contribution in [0.4, 0.5) is 24.5 Å². The molecule has 2 aromatic carbocycles. The fourth-order valence-corrected chi connectivity index (χ4v) is 2.82. The summed E-state index contributed by atoms with van der Waals surface area (Å²) in [6, 6.07) is 10.5. The molecule has 0 radical (unpaired) electrons. The normalized spacial score (nSPS) is 12.7. The lowest BCUT2D eigenvalue weighted by Gasteiger charge is -2.18.